The smallest absolute Gasteiger partial charge is 0.139 e. The summed E-state index contributed by atoms with van der Waals surface area (Å²) in [5, 5.41) is 0. The largest absolute Gasteiger partial charge is 0.300 e. The predicted octanol–water partition coefficient (Wildman–Crippen LogP) is 6.47. The number of hydrogen-bond donors (Lipinski definition) is 0. The SMILES string of the molecule is C.C.C.CC[C@]12CCC(=O)C[C@@H]1CC[C@@H]1[C@@H]2CC[C@]2(C)C(=O)CC[C@@H]12. The van der Waals surface area contributed by atoms with E-state index in [1.54, 1.807) is 0 Å². The minimum Gasteiger partial charge on any atom is -0.300 e. The Balaban J connectivity index is 0.00000104. The van der Waals surface area contributed by atoms with Crippen molar-refractivity contribution >= 4 is 11.6 Å². The molecular formula is C23H42O2. The summed E-state index contributed by atoms with van der Waals surface area (Å²) in [7, 11) is 0. The molecule has 0 aromatic rings. The van der Waals surface area contributed by atoms with Crippen molar-refractivity contribution in [3.63, 3.8) is 0 Å². The molecule has 0 spiro atoms. The van der Waals surface area contributed by atoms with Gasteiger partial charge >= 0.3 is 0 Å². The van der Waals surface area contributed by atoms with Crippen LogP contribution < -0.4 is 0 Å². The molecule has 6 atom stereocenters. The zero-order valence-corrected chi connectivity index (χ0v) is 14.2. The van der Waals surface area contributed by atoms with Gasteiger partial charge in [-0.2, -0.15) is 0 Å². The maximum atomic E-state index is 12.4. The van der Waals surface area contributed by atoms with Crippen LogP contribution in [-0.2, 0) is 9.59 Å². The van der Waals surface area contributed by atoms with E-state index in [1.165, 1.54) is 25.7 Å². The molecular weight excluding hydrogens is 308 g/mol. The molecule has 0 saturated heterocycles. The summed E-state index contributed by atoms with van der Waals surface area (Å²) in [6.45, 7) is 4.62. The average Bonchev–Trinajstić information content (AvgIpc) is 2.82. The van der Waals surface area contributed by atoms with Gasteiger partial charge in [-0.25, -0.2) is 0 Å². The van der Waals surface area contributed by atoms with E-state index in [2.05, 4.69) is 13.8 Å². The standard InChI is InChI=1S/C20H30O2.3CH4/c1-3-20-11-8-14(21)12-13(20)4-5-15-16-6-7-18(22)19(16,2)10-9-17(15)20;;;/h13,15-17H,3-12H2,1-2H3;3*1H4/t13-,15-,16-,17-,19-,20-;;;/m0.../s1. The normalized spacial score (nSPS) is 45.0. The van der Waals surface area contributed by atoms with Crippen LogP contribution in [-0.4, -0.2) is 11.6 Å². The maximum Gasteiger partial charge on any atom is 0.139 e. The molecule has 4 saturated carbocycles. The first-order valence-corrected chi connectivity index (χ1v) is 9.56. The third kappa shape index (κ3) is 2.92. The van der Waals surface area contributed by atoms with Crippen LogP contribution in [0.25, 0.3) is 0 Å². The molecule has 0 bridgehead atoms. The second-order valence-corrected chi connectivity index (χ2v) is 8.90. The molecule has 0 amide bonds. The van der Waals surface area contributed by atoms with Gasteiger partial charge in [-0.3, -0.25) is 9.59 Å². The Morgan fingerprint density at radius 1 is 0.920 bits per heavy atom. The first-order chi connectivity index (χ1) is 10.5. The molecule has 0 unspecified atom stereocenters. The second-order valence-electron chi connectivity index (χ2n) is 8.90. The van der Waals surface area contributed by atoms with Gasteiger partial charge in [0.15, 0.2) is 0 Å². The lowest BCUT2D eigenvalue weighted by molar-refractivity contribution is -0.147. The van der Waals surface area contributed by atoms with Gasteiger partial charge in [0, 0.05) is 24.7 Å². The minimum absolute atomic E-state index is 0. The van der Waals surface area contributed by atoms with Crippen LogP contribution >= 0.6 is 0 Å². The molecule has 25 heavy (non-hydrogen) atoms. The van der Waals surface area contributed by atoms with Crippen molar-refractivity contribution in [1.82, 2.24) is 0 Å². The highest BCUT2D eigenvalue weighted by Crippen LogP contribution is 2.66. The molecule has 4 aliphatic carbocycles. The highest BCUT2D eigenvalue weighted by atomic mass is 16.1. The van der Waals surface area contributed by atoms with Gasteiger partial charge in [-0.05, 0) is 74.0 Å². The summed E-state index contributed by atoms with van der Waals surface area (Å²) in [5.74, 6) is 3.87. The van der Waals surface area contributed by atoms with Crippen LogP contribution in [0.15, 0.2) is 0 Å². The Morgan fingerprint density at radius 3 is 2.32 bits per heavy atom. The maximum absolute atomic E-state index is 12.4. The van der Waals surface area contributed by atoms with Crippen LogP contribution in [0.4, 0.5) is 0 Å². The molecule has 0 radical (unpaired) electrons. The van der Waals surface area contributed by atoms with Gasteiger partial charge in [0.25, 0.3) is 0 Å². The summed E-state index contributed by atoms with van der Waals surface area (Å²) in [6, 6.07) is 0. The first kappa shape index (κ1) is 22.4. The lowest BCUT2D eigenvalue weighted by atomic mass is 9.44. The van der Waals surface area contributed by atoms with Gasteiger partial charge in [0.2, 0.25) is 0 Å². The minimum atomic E-state index is -0.00653. The van der Waals surface area contributed by atoms with Gasteiger partial charge in [-0.1, -0.05) is 36.1 Å². The van der Waals surface area contributed by atoms with Crippen LogP contribution in [0, 0.1) is 34.5 Å². The molecule has 0 aliphatic heterocycles. The lowest BCUT2D eigenvalue weighted by Gasteiger charge is -2.60. The third-order valence-corrected chi connectivity index (χ3v) is 8.55. The molecule has 4 fully saturated rings. The summed E-state index contributed by atoms with van der Waals surface area (Å²) in [6.07, 6.45) is 10.9. The summed E-state index contributed by atoms with van der Waals surface area (Å²) < 4.78 is 0. The third-order valence-electron chi connectivity index (χ3n) is 8.55. The Morgan fingerprint density at radius 2 is 1.64 bits per heavy atom. The van der Waals surface area contributed by atoms with Crippen LogP contribution in [0.5, 0.6) is 0 Å². The molecule has 0 aromatic heterocycles. The highest BCUT2D eigenvalue weighted by molar-refractivity contribution is 5.87. The van der Waals surface area contributed by atoms with Gasteiger partial charge in [0.1, 0.15) is 11.6 Å². The number of ketones is 2. The van der Waals surface area contributed by atoms with Crippen molar-refractivity contribution in [2.45, 2.75) is 100 Å². The fraction of sp³-hybridized carbons (Fsp3) is 0.913. The number of carbonyl (C=O) groups excluding carboxylic acids is 2. The van der Waals surface area contributed by atoms with Crippen molar-refractivity contribution in [3.05, 3.63) is 0 Å². The highest BCUT2D eigenvalue weighted by Gasteiger charge is 2.60. The molecule has 0 heterocycles. The van der Waals surface area contributed by atoms with Crippen molar-refractivity contribution in [2.75, 3.05) is 0 Å². The Hall–Kier alpha value is -0.660. The van der Waals surface area contributed by atoms with E-state index >= 15 is 0 Å². The number of rotatable bonds is 1. The van der Waals surface area contributed by atoms with E-state index in [-0.39, 0.29) is 27.7 Å². The number of carbonyl (C=O) groups is 2. The van der Waals surface area contributed by atoms with Crippen LogP contribution in [0.3, 0.4) is 0 Å². The van der Waals surface area contributed by atoms with Crippen LogP contribution in [0.1, 0.15) is 100 Å². The Kier molecular flexibility index (Phi) is 6.74. The predicted molar refractivity (Wildman–Crippen MR) is 107 cm³/mol. The van der Waals surface area contributed by atoms with E-state index < -0.39 is 0 Å². The monoisotopic (exact) mass is 350 g/mol. The van der Waals surface area contributed by atoms with Crippen molar-refractivity contribution in [1.29, 1.82) is 0 Å². The molecule has 146 valence electrons. The van der Waals surface area contributed by atoms with E-state index in [0.717, 1.165) is 50.4 Å². The van der Waals surface area contributed by atoms with Crippen LogP contribution in [0.2, 0.25) is 0 Å². The zero-order chi connectivity index (χ0) is 15.5. The van der Waals surface area contributed by atoms with E-state index in [1.807, 2.05) is 0 Å². The Bertz CT molecular complexity index is 510. The van der Waals surface area contributed by atoms with Gasteiger partial charge in [-0.15, -0.1) is 0 Å². The zero-order valence-electron chi connectivity index (χ0n) is 14.2. The fourth-order valence-electron chi connectivity index (χ4n) is 7.33. The number of hydrogen-bond acceptors (Lipinski definition) is 2. The summed E-state index contributed by atoms with van der Waals surface area (Å²) in [5.41, 5.74) is 0.414. The van der Waals surface area contributed by atoms with Gasteiger partial charge in [0.05, 0.1) is 0 Å². The molecule has 4 aliphatic rings. The molecule has 0 N–H and O–H groups in total. The van der Waals surface area contributed by atoms with Crippen molar-refractivity contribution in [2.24, 2.45) is 34.5 Å². The average molecular weight is 351 g/mol. The summed E-state index contributed by atoms with van der Waals surface area (Å²) >= 11 is 0. The van der Waals surface area contributed by atoms with E-state index in [0.29, 0.717) is 28.8 Å². The molecule has 0 aromatic carbocycles. The summed E-state index contributed by atoms with van der Waals surface area (Å²) in [4.78, 5) is 24.4. The van der Waals surface area contributed by atoms with Gasteiger partial charge < -0.3 is 0 Å². The second kappa shape index (κ2) is 7.53. The number of Topliss-reactive ketones (excluding diaryl/α,β-unsaturated/α-hetero) is 2. The first-order valence-electron chi connectivity index (χ1n) is 9.56. The van der Waals surface area contributed by atoms with E-state index in [9.17, 15) is 9.59 Å². The molecule has 4 rings (SSSR count). The fourth-order valence-corrected chi connectivity index (χ4v) is 7.33. The number of fused-ring (bicyclic) bond motifs is 5. The van der Waals surface area contributed by atoms with Crippen molar-refractivity contribution < 1.29 is 9.59 Å². The molecule has 2 nitrogen and oxygen atoms in total. The lowest BCUT2D eigenvalue weighted by Crippen LogP contribution is -2.54. The topological polar surface area (TPSA) is 34.1 Å². The van der Waals surface area contributed by atoms with E-state index in [4.69, 9.17) is 0 Å². The molecule has 2 heteroatoms. The Labute approximate surface area is 156 Å². The quantitative estimate of drug-likeness (QED) is 0.543. The van der Waals surface area contributed by atoms with Crippen molar-refractivity contribution in [3.8, 4) is 0 Å².